The van der Waals surface area contributed by atoms with Crippen molar-refractivity contribution in [3.63, 3.8) is 0 Å². The van der Waals surface area contributed by atoms with Gasteiger partial charge in [0.2, 0.25) is 0 Å². The largest absolute Gasteiger partial charge is 0.294 e. The van der Waals surface area contributed by atoms with Gasteiger partial charge in [-0.05, 0) is 31.0 Å². The molecular weight excluding hydrogens is 210 g/mol. The summed E-state index contributed by atoms with van der Waals surface area (Å²) in [4.78, 5) is 16.1. The number of aromatic nitrogens is 1. The van der Waals surface area contributed by atoms with Crippen LogP contribution in [-0.2, 0) is 6.42 Å². The van der Waals surface area contributed by atoms with E-state index in [4.69, 9.17) is 0 Å². The quantitative estimate of drug-likeness (QED) is 0.751. The highest BCUT2D eigenvalue weighted by molar-refractivity contribution is 5.98. The van der Waals surface area contributed by atoms with Crippen LogP contribution in [0.3, 0.4) is 0 Å². The number of carbonyl (C=O) groups excluding carboxylic acids is 1. The van der Waals surface area contributed by atoms with Gasteiger partial charge in [0.15, 0.2) is 5.78 Å². The molecule has 0 aliphatic rings. The Morgan fingerprint density at radius 1 is 1.12 bits per heavy atom. The zero-order valence-electron chi connectivity index (χ0n) is 10.1. The van der Waals surface area contributed by atoms with E-state index in [0.717, 1.165) is 16.7 Å². The summed E-state index contributed by atoms with van der Waals surface area (Å²) in [6.45, 7) is 3.95. The van der Waals surface area contributed by atoms with Crippen molar-refractivity contribution in [1.29, 1.82) is 0 Å². The van der Waals surface area contributed by atoms with Gasteiger partial charge >= 0.3 is 0 Å². The molecule has 2 aromatic rings. The first kappa shape index (κ1) is 11.5. The maximum atomic E-state index is 12.1. The van der Waals surface area contributed by atoms with E-state index in [1.165, 1.54) is 5.56 Å². The maximum absolute atomic E-state index is 12.1. The van der Waals surface area contributed by atoms with Gasteiger partial charge in [-0.25, -0.2) is 0 Å². The fourth-order valence-electron chi connectivity index (χ4n) is 1.77. The zero-order chi connectivity index (χ0) is 12.3. The van der Waals surface area contributed by atoms with Gasteiger partial charge in [-0.1, -0.05) is 29.8 Å². The van der Waals surface area contributed by atoms with Gasteiger partial charge < -0.3 is 0 Å². The molecule has 0 amide bonds. The molecule has 1 heterocycles. The molecule has 86 valence electrons. The molecule has 0 radical (unpaired) electrons. The first-order chi connectivity index (χ1) is 8.16. The Balaban J connectivity index is 2.17. The average Bonchev–Trinajstić information content (AvgIpc) is 2.32. The summed E-state index contributed by atoms with van der Waals surface area (Å²) >= 11 is 0. The Morgan fingerprint density at radius 2 is 1.82 bits per heavy atom. The third-order valence-corrected chi connectivity index (χ3v) is 2.81. The van der Waals surface area contributed by atoms with Gasteiger partial charge in [-0.3, -0.25) is 9.78 Å². The van der Waals surface area contributed by atoms with Crippen LogP contribution < -0.4 is 0 Å². The van der Waals surface area contributed by atoms with Gasteiger partial charge in [-0.15, -0.1) is 0 Å². The van der Waals surface area contributed by atoms with E-state index in [9.17, 15) is 4.79 Å². The van der Waals surface area contributed by atoms with E-state index in [-0.39, 0.29) is 5.78 Å². The number of hydrogen-bond acceptors (Lipinski definition) is 2. The highest BCUT2D eigenvalue weighted by atomic mass is 16.1. The van der Waals surface area contributed by atoms with E-state index in [0.29, 0.717) is 6.42 Å². The molecule has 0 atom stereocenters. The molecule has 0 aliphatic carbocycles. The normalized spacial score (nSPS) is 10.2. The highest BCUT2D eigenvalue weighted by Gasteiger charge is 2.09. The highest BCUT2D eigenvalue weighted by Crippen LogP contribution is 2.11. The van der Waals surface area contributed by atoms with Crippen molar-refractivity contribution in [3.05, 3.63) is 65.0 Å². The van der Waals surface area contributed by atoms with E-state index in [1.54, 1.807) is 18.5 Å². The standard InChI is InChI=1S/C15H15NO/c1-11-3-5-13(6-4-11)9-15(17)14-7-8-16-10-12(14)2/h3-8,10H,9H2,1-2H3. The van der Waals surface area contributed by atoms with Crippen LogP contribution in [0, 0.1) is 13.8 Å². The lowest BCUT2D eigenvalue weighted by Crippen LogP contribution is -2.05. The predicted octanol–water partition coefficient (Wildman–Crippen LogP) is 3.12. The maximum Gasteiger partial charge on any atom is 0.167 e. The summed E-state index contributed by atoms with van der Waals surface area (Å²) < 4.78 is 0. The van der Waals surface area contributed by atoms with Crippen molar-refractivity contribution in [2.45, 2.75) is 20.3 Å². The number of ketones is 1. The predicted molar refractivity (Wildman–Crippen MR) is 68.2 cm³/mol. The molecule has 0 N–H and O–H groups in total. The summed E-state index contributed by atoms with van der Waals surface area (Å²) in [7, 11) is 0. The van der Waals surface area contributed by atoms with E-state index in [1.807, 2.05) is 38.1 Å². The number of Topliss-reactive ketones (excluding diaryl/α,β-unsaturated/α-hetero) is 1. The Morgan fingerprint density at radius 3 is 2.47 bits per heavy atom. The molecule has 2 heteroatoms. The Bertz CT molecular complexity index is 529. The Hall–Kier alpha value is -1.96. The number of aryl methyl sites for hydroxylation is 2. The molecule has 2 rings (SSSR count). The van der Waals surface area contributed by atoms with Crippen molar-refractivity contribution in [3.8, 4) is 0 Å². The summed E-state index contributed by atoms with van der Waals surface area (Å²) in [5.41, 5.74) is 3.96. The molecule has 0 saturated carbocycles. The molecule has 0 aliphatic heterocycles. The van der Waals surface area contributed by atoms with Crippen LogP contribution in [0.4, 0.5) is 0 Å². The molecular formula is C15H15NO. The Labute approximate surface area is 101 Å². The molecule has 0 saturated heterocycles. The monoisotopic (exact) mass is 225 g/mol. The second kappa shape index (κ2) is 4.91. The SMILES string of the molecule is Cc1ccc(CC(=O)c2ccncc2C)cc1. The number of pyridine rings is 1. The van der Waals surface area contributed by atoms with Gasteiger partial charge in [0.05, 0.1) is 0 Å². The van der Waals surface area contributed by atoms with Gasteiger partial charge in [-0.2, -0.15) is 0 Å². The molecule has 17 heavy (non-hydrogen) atoms. The molecule has 0 spiro atoms. The molecule has 0 bridgehead atoms. The van der Waals surface area contributed by atoms with Crippen molar-refractivity contribution in [2.24, 2.45) is 0 Å². The van der Waals surface area contributed by atoms with Crippen molar-refractivity contribution < 1.29 is 4.79 Å². The van der Waals surface area contributed by atoms with Crippen molar-refractivity contribution in [2.75, 3.05) is 0 Å². The van der Waals surface area contributed by atoms with Crippen LogP contribution in [0.25, 0.3) is 0 Å². The third-order valence-electron chi connectivity index (χ3n) is 2.81. The van der Waals surface area contributed by atoms with E-state index < -0.39 is 0 Å². The van der Waals surface area contributed by atoms with Crippen LogP contribution in [0.2, 0.25) is 0 Å². The second-order valence-electron chi connectivity index (χ2n) is 4.28. The smallest absolute Gasteiger partial charge is 0.167 e. The van der Waals surface area contributed by atoms with Gasteiger partial charge in [0.25, 0.3) is 0 Å². The van der Waals surface area contributed by atoms with Crippen LogP contribution in [0.1, 0.15) is 27.0 Å². The molecule has 1 aromatic heterocycles. The fraction of sp³-hybridized carbons (Fsp3) is 0.200. The molecule has 2 nitrogen and oxygen atoms in total. The van der Waals surface area contributed by atoms with Crippen LogP contribution in [-0.4, -0.2) is 10.8 Å². The lowest BCUT2D eigenvalue weighted by molar-refractivity contribution is 0.0992. The summed E-state index contributed by atoms with van der Waals surface area (Å²) in [6.07, 6.45) is 3.84. The van der Waals surface area contributed by atoms with Crippen molar-refractivity contribution >= 4 is 5.78 Å². The molecule has 0 unspecified atom stereocenters. The van der Waals surface area contributed by atoms with Crippen LogP contribution in [0.15, 0.2) is 42.7 Å². The van der Waals surface area contributed by atoms with Gasteiger partial charge in [0.1, 0.15) is 0 Å². The number of hydrogen-bond donors (Lipinski definition) is 0. The average molecular weight is 225 g/mol. The number of benzene rings is 1. The van der Waals surface area contributed by atoms with E-state index in [2.05, 4.69) is 4.98 Å². The first-order valence-electron chi connectivity index (χ1n) is 5.66. The summed E-state index contributed by atoms with van der Waals surface area (Å²) in [5, 5.41) is 0. The van der Waals surface area contributed by atoms with Crippen molar-refractivity contribution in [1.82, 2.24) is 4.98 Å². The number of rotatable bonds is 3. The fourth-order valence-corrected chi connectivity index (χ4v) is 1.77. The van der Waals surface area contributed by atoms with Crippen LogP contribution in [0.5, 0.6) is 0 Å². The third kappa shape index (κ3) is 2.78. The first-order valence-corrected chi connectivity index (χ1v) is 5.66. The second-order valence-corrected chi connectivity index (χ2v) is 4.28. The molecule has 1 aromatic carbocycles. The lowest BCUT2D eigenvalue weighted by Gasteiger charge is -2.04. The minimum absolute atomic E-state index is 0.147. The summed E-state index contributed by atoms with van der Waals surface area (Å²) in [5.74, 6) is 0.147. The van der Waals surface area contributed by atoms with Crippen LogP contribution >= 0.6 is 0 Å². The minimum atomic E-state index is 0.147. The zero-order valence-corrected chi connectivity index (χ0v) is 10.1. The van der Waals surface area contributed by atoms with E-state index >= 15 is 0 Å². The molecule has 0 fully saturated rings. The topological polar surface area (TPSA) is 30.0 Å². The summed E-state index contributed by atoms with van der Waals surface area (Å²) in [6, 6.07) is 9.85. The Kier molecular flexibility index (Phi) is 3.33. The minimum Gasteiger partial charge on any atom is -0.294 e. The lowest BCUT2D eigenvalue weighted by atomic mass is 10.0. The van der Waals surface area contributed by atoms with Gasteiger partial charge in [0, 0.05) is 24.4 Å². The number of nitrogens with zero attached hydrogens (tertiary/aromatic N) is 1. The number of carbonyl (C=O) groups is 1.